The Morgan fingerprint density at radius 2 is 0.857 bits per heavy atom. The predicted molar refractivity (Wildman–Crippen MR) is 11.7 cm³/mol. The van der Waals surface area contributed by atoms with Crippen LogP contribution in [0.3, 0.4) is 0 Å². The second-order valence-corrected chi connectivity index (χ2v) is 1.50. The Morgan fingerprint density at radius 1 is 0.857 bits per heavy atom. The van der Waals surface area contributed by atoms with Crippen molar-refractivity contribution in [1.82, 2.24) is 6.15 Å². The fourth-order valence-corrected chi connectivity index (χ4v) is 0. The van der Waals surface area contributed by atoms with Crippen LogP contribution in [-0.2, 0) is 17.1 Å². The van der Waals surface area contributed by atoms with Crippen LogP contribution in [0.5, 0.6) is 0 Å². The first-order valence-electron chi connectivity index (χ1n) is 0.816. The first kappa shape index (κ1) is 15.6. The van der Waals surface area contributed by atoms with Gasteiger partial charge in [0.25, 0.3) is 0 Å². The maximum atomic E-state index is 8.58. The van der Waals surface area contributed by atoms with Crippen LogP contribution in [0.15, 0.2) is 0 Å². The summed E-state index contributed by atoms with van der Waals surface area (Å²) in [4.78, 5) is 34.3. The molecule has 51 valence electrons. The Hall–Kier alpha value is 0.536. The van der Waals surface area contributed by atoms with Gasteiger partial charge in [-0.05, 0) is 0 Å². The second-order valence-electron chi connectivity index (χ2n) is 0.500. The smallest absolute Gasteiger partial charge is 0 e. The van der Waals surface area contributed by atoms with E-state index in [0.717, 1.165) is 0 Å². The van der Waals surface area contributed by atoms with Gasteiger partial charge < -0.3 is 34.4 Å². The maximum Gasteiger partial charge on any atom is 0 e. The SMILES string of the molecule is [Cu].[NH4+].[O-][Si]([O-])([O-])[O-]. The summed E-state index contributed by atoms with van der Waals surface area (Å²) in [5.74, 6) is 0. The zero-order valence-electron chi connectivity index (χ0n) is 3.43. The van der Waals surface area contributed by atoms with Crippen molar-refractivity contribution in [2.24, 2.45) is 0 Å². The van der Waals surface area contributed by atoms with Gasteiger partial charge in [0.05, 0.1) is 0 Å². The van der Waals surface area contributed by atoms with Gasteiger partial charge in [-0.1, -0.05) is 0 Å². The largest absolute Gasteiger partial charge is 0.894 e. The van der Waals surface area contributed by atoms with Gasteiger partial charge in [-0.2, -0.15) is 0 Å². The molecule has 0 saturated heterocycles. The average molecular weight is 174 g/mol. The molecule has 1 radical (unpaired) electrons. The fraction of sp³-hybridized carbons (Fsp3) is 0. The van der Waals surface area contributed by atoms with E-state index in [0.29, 0.717) is 0 Å². The van der Waals surface area contributed by atoms with Gasteiger partial charge in [0.2, 0.25) is 0 Å². The minimum atomic E-state index is -5.61. The van der Waals surface area contributed by atoms with Crippen molar-refractivity contribution >= 4 is 9.05 Å². The van der Waals surface area contributed by atoms with Gasteiger partial charge in [-0.15, -0.1) is 0 Å². The van der Waals surface area contributed by atoms with Crippen LogP contribution in [0.25, 0.3) is 0 Å². The number of hydrogen-bond donors (Lipinski definition) is 1. The normalized spacial score (nSPS) is 8.57. The van der Waals surface area contributed by atoms with Crippen LogP contribution < -0.4 is 25.3 Å². The van der Waals surface area contributed by atoms with Crippen molar-refractivity contribution in [2.45, 2.75) is 0 Å². The Labute approximate surface area is 52.2 Å². The second kappa shape index (κ2) is 4.69. The summed E-state index contributed by atoms with van der Waals surface area (Å²) in [5.41, 5.74) is 0. The molecule has 0 bridgehead atoms. The van der Waals surface area contributed by atoms with Crippen LogP contribution in [0.4, 0.5) is 0 Å². The number of quaternary nitrogens is 1. The van der Waals surface area contributed by atoms with E-state index in [4.69, 9.17) is 19.2 Å². The molecule has 0 aromatic rings. The molecule has 0 amide bonds. The van der Waals surface area contributed by atoms with Gasteiger partial charge >= 0.3 is 0 Å². The molecular weight excluding hydrogens is 170 g/mol. The molecule has 7 heteroatoms. The number of rotatable bonds is 0. The van der Waals surface area contributed by atoms with Crippen molar-refractivity contribution in [3.8, 4) is 0 Å². The minimum Gasteiger partial charge on any atom is -0.894 e. The zero-order valence-corrected chi connectivity index (χ0v) is 5.38. The third-order valence-corrected chi connectivity index (χ3v) is 0. The van der Waals surface area contributed by atoms with E-state index in [2.05, 4.69) is 0 Å². The summed E-state index contributed by atoms with van der Waals surface area (Å²) in [7, 11) is -5.61. The van der Waals surface area contributed by atoms with Crippen molar-refractivity contribution in [3.05, 3.63) is 0 Å². The van der Waals surface area contributed by atoms with Crippen molar-refractivity contribution < 1.29 is 36.3 Å². The van der Waals surface area contributed by atoms with E-state index in [9.17, 15) is 0 Å². The molecule has 4 N–H and O–H groups in total. The Bertz CT molecular complexity index is 27.2. The Balaban J connectivity index is -0.0000000800. The van der Waals surface area contributed by atoms with Crippen LogP contribution in [0.1, 0.15) is 0 Å². The monoisotopic (exact) mass is 173 g/mol. The first-order chi connectivity index (χ1) is 2.00. The van der Waals surface area contributed by atoms with Gasteiger partial charge in [0.1, 0.15) is 0 Å². The topological polar surface area (TPSA) is 129 Å². The molecule has 7 heavy (non-hydrogen) atoms. The quantitative estimate of drug-likeness (QED) is 0.369. The molecular formula is H4CuNO4Si-3. The van der Waals surface area contributed by atoms with E-state index < -0.39 is 9.05 Å². The molecule has 0 aliphatic rings. The third kappa shape index (κ3) is 468. The van der Waals surface area contributed by atoms with Crippen molar-refractivity contribution in [1.29, 1.82) is 0 Å². The molecule has 0 aromatic carbocycles. The van der Waals surface area contributed by atoms with E-state index in [-0.39, 0.29) is 23.2 Å². The molecule has 5 nitrogen and oxygen atoms in total. The summed E-state index contributed by atoms with van der Waals surface area (Å²) in [6, 6.07) is 0. The summed E-state index contributed by atoms with van der Waals surface area (Å²) >= 11 is 0. The molecule has 0 aliphatic carbocycles. The first-order valence-corrected chi connectivity index (χ1v) is 2.45. The van der Waals surface area contributed by atoms with Crippen molar-refractivity contribution in [2.75, 3.05) is 0 Å². The van der Waals surface area contributed by atoms with E-state index in [1.807, 2.05) is 0 Å². The summed E-state index contributed by atoms with van der Waals surface area (Å²) < 4.78 is 0. The van der Waals surface area contributed by atoms with Crippen LogP contribution in [0.2, 0.25) is 0 Å². The molecule has 0 unspecified atom stereocenters. The van der Waals surface area contributed by atoms with Gasteiger partial charge in [-0.3, -0.25) is 0 Å². The molecule has 0 heterocycles. The summed E-state index contributed by atoms with van der Waals surface area (Å²) in [6.07, 6.45) is 0. The molecule has 0 fully saturated rings. The molecule has 0 rings (SSSR count). The molecule has 0 atom stereocenters. The van der Waals surface area contributed by atoms with E-state index in [1.54, 1.807) is 0 Å². The Kier molecular flexibility index (Phi) is 10.5. The minimum absolute atomic E-state index is 0. The summed E-state index contributed by atoms with van der Waals surface area (Å²) in [5, 5.41) is 0. The van der Waals surface area contributed by atoms with E-state index in [1.165, 1.54) is 0 Å². The molecule has 0 saturated carbocycles. The van der Waals surface area contributed by atoms with Crippen molar-refractivity contribution in [3.63, 3.8) is 0 Å². The zero-order chi connectivity index (χ0) is 4.50. The molecule has 0 aromatic heterocycles. The van der Waals surface area contributed by atoms with E-state index >= 15 is 0 Å². The third-order valence-electron chi connectivity index (χ3n) is 0. The van der Waals surface area contributed by atoms with Crippen LogP contribution >= 0.6 is 0 Å². The van der Waals surface area contributed by atoms with Gasteiger partial charge in [-0.25, -0.2) is 0 Å². The Morgan fingerprint density at radius 3 is 0.857 bits per heavy atom. The fourth-order valence-electron chi connectivity index (χ4n) is 0. The van der Waals surface area contributed by atoms with Gasteiger partial charge in [0, 0.05) is 17.1 Å². The molecule has 0 aliphatic heterocycles. The summed E-state index contributed by atoms with van der Waals surface area (Å²) in [6.45, 7) is 0. The van der Waals surface area contributed by atoms with Crippen LogP contribution in [-0.4, -0.2) is 9.05 Å². The van der Waals surface area contributed by atoms with Gasteiger partial charge in [0.15, 0.2) is 0 Å². The number of hydrogen-bond acceptors (Lipinski definition) is 4. The maximum absolute atomic E-state index is 8.58. The van der Waals surface area contributed by atoms with Crippen LogP contribution in [0, 0.1) is 0 Å². The average Bonchev–Trinajstić information content (AvgIpc) is 0.722. The predicted octanol–water partition coefficient (Wildman–Crippen LogP) is -4.76. The molecule has 0 spiro atoms. The standard InChI is InChI=1S/Cu.H3N.O4Si/c;;1-5(2,3)4/h;1H3;/q;;-4/p+1.